The van der Waals surface area contributed by atoms with Gasteiger partial charge in [0.15, 0.2) is 11.5 Å². The molecule has 0 saturated heterocycles. The molecular weight excluding hydrogens is 310 g/mol. The number of rotatable bonds is 5. The van der Waals surface area contributed by atoms with Gasteiger partial charge in [0.2, 0.25) is 11.8 Å². The molecule has 1 amide bonds. The second-order valence-corrected chi connectivity index (χ2v) is 5.48. The fourth-order valence-electron chi connectivity index (χ4n) is 2.46. The summed E-state index contributed by atoms with van der Waals surface area (Å²) >= 11 is 0. The van der Waals surface area contributed by atoms with Gasteiger partial charge in [0.05, 0.1) is 24.2 Å². The van der Waals surface area contributed by atoms with Gasteiger partial charge in [-0.05, 0) is 19.9 Å². The van der Waals surface area contributed by atoms with Crippen molar-refractivity contribution < 1.29 is 9.53 Å². The molecule has 0 fully saturated rings. The second kappa shape index (κ2) is 6.26. The third-order valence-electron chi connectivity index (χ3n) is 3.86. The summed E-state index contributed by atoms with van der Waals surface area (Å²) in [4.78, 5) is 12.2. The number of aryl methyl sites for hydroxylation is 3. The van der Waals surface area contributed by atoms with E-state index in [0.717, 1.165) is 17.1 Å². The highest BCUT2D eigenvalue weighted by Crippen LogP contribution is 2.18. The zero-order chi connectivity index (χ0) is 17.3. The molecule has 0 saturated carbocycles. The highest BCUT2D eigenvalue weighted by Gasteiger charge is 2.14. The number of nitrogens with zero attached hydrogens (tertiary/aromatic N) is 6. The average molecular weight is 329 g/mol. The maximum atomic E-state index is 12.2. The van der Waals surface area contributed by atoms with Crippen molar-refractivity contribution in [2.24, 2.45) is 7.05 Å². The van der Waals surface area contributed by atoms with Crippen molar-refractivity contribution >= 4 is 17.2 Å². The van der Waals surface area contributed by atoms with Crippen LogP contribution in [0, 0.1) is 13.8 Å². The molecule has 24 heavy (non-hydrogen) atoms. The fraction of sp³-hybridized carbons (Fsp3) is 0.400. The van der Waals surface area contributed by atoms with E-state index in [9.17, 15) is 4.79 Å². The van der Waals surface area contributed by atoms with Crippen LogP contribution in [0.5, 0.6) is 5.88 Å². The molecule has 0 spiro atoms. The van der Waals surface area contributed by atoms with Gasteiger partial charge in [0.1, 0.15) is 0 Å². The van der Waals surface area contributed by atoms with Gasteiger partial charge in [-0.2, -0.15) is 9.61 Å². The van der Waals surface area contributed by atoms with E-state index in [1.54, 1.807) is 28.4 Å². The normalized spacial score (nSPS) is 11.0. The molecule has 0 atom stereocenters. The molecule has 0 aliphatic heterocycles. The molecule has 0 aliphatic carbocycles. The number of methoxy groups -OCH3 is 1. The van der Waals surface area contributed by atoms with Gasteiger partial charge in [-0.25, -0.2) is 0 Å². The summed E-state index contributed by atoms with van der Waals surface area (Å²) < 4.78 is 8.44. The molecule has 3 heterocycles. The molecule has 3 aromatic rings. The van der Waals surface area contributed by atoms with E-state index in [2.05, 4.69) is 25.7 Å². The molecule has 0 radical (unpaired) electrons. The van der Waals surface area contributed by atoms with Gasteiger partial charge in [-0.1, -0.05) is 0 Å². The van der Waals surface area contributed by atoms with Crippen LogP contribution < -0.4 is 10.1 Å². The number of anilines is 1. The Morgan fingerprint density at radius 1 is 1.25 bits per heavy atom. The maximum Gasteiger partial charge on any atom is 0.231 e. The van der Waals surface area contributed by atoms with Crippen molar-refractivity contribution in [2.75, 3.05) is 12.4 Å². The number of aromatic nitrogens is 6. The summed E-state index contributed by atoms with van der Waals surface area (Å²) in [5.41, 5.74) is 3.08. The summed E-state index contributed by atoms with van der Waals surface area (Å²) in [7, 11) is 3.39. The predicted octanol–water partition coefficient (Wildman–Crippen LogP) is 1.05. The van der Waals surface area contributed by atoms with Crippen molar-refractivity contribution in [3.63, 3.8) is 0 Å². The number of nitrogens with one attached hydrogen (secondary N) is 1. The number of carbonyl (C=O) groups is 1. The fourth-order valence-corrected chi connectivity index (χ4v) is 2.46. The average Bonchev–Trinajstić information content (AvgIpc) is 3.08. The van der Waals surface area contributed by atoms with Crippen molar-refractivity contribution in [1.82, 2.24) is 29.6 Å². The van der Waals surface area contributed by atoms with Crippen molar-refractivity contribution in [1.29, 1.82) is 0 Å². The molecule has 0 aromatic carbocycles. The lowest BCUT2D eigenvalue weighted by atomic mass is 10.2. The number of carbonyl (C=O) groups excluding carboxylic acids is 1. The monoisotopic (exact) mass is 329 g/mol. The quantitative estimate of drug-likeness (QED) is 0.751. The number of ether oxygens (including phenoxy) is 1. The second-order valence-electron chi connectivity index (χ2n) is 5.48. The van der Waals surface area contributed by atoms with Gasteiger partial charge in [-0.3, -0.25) is 9.48 Å². The first-order chi connectivity index (χ1) is 11.5. The number of hydrogen-bond donors (Lipinski definition) is 1. The number of hydrogen-bond acceptors (Lipinski definition) is 6. The van der Waals surface area contributed by atoms with Gasteiger partial charge >= 0.3 is 0 Å². The van der Waals surface area contributed by atoms with Crippen LogP contribution in [0.4, 0.5) is 5.69 Å². The Morgan fingerprint density at radius 2 is 2.04 bits per heavy atom. The molecule has 0 aliphatic rings. The van der Waals surface area contributed by atoms with E-state index in [4.69, 9.17) is 4.74 Å². The minimum atomic E-state index is -0.103. The minimum Gasteiger partial charge on any atom is -0.480 e. The van der Waals surface area contributed by atoms with E-state index in [-0.39, 0.29) is 12.3 Å². The molecule has 0 bridgehead atoms. The summed E-state index contributed by atoms with van der Waals surface area (Å²) in [6, 6.07) is 3.49. The standard InChI is InChI=1S/C15H19N7O2/c1-9-15(10(2)21(3)19-9)16-13(23)7-5-11-17-18-12-6-8-14(24-4)20-22(11)12/h6,8H,5,7H2,1-4H3,(H,16,23). The van der Waals surface area contributed by atoms with E-state index >= 15 is 0 Å². The number of fused-ring (bicyclic) bond motifs is 1. The summed E-state index contributed by atoms with van der Waals surface area (Å²) in [6.07, 6.45) is 0.693. The Kier molecular flexibility index (Phi) is 4.15. The zero-order valence-corrected chi connectivity index (χ0v) is 14.1. The summed E-state index contributed by atoms with van der Waals surface area (Å²) in [5.74, 6) is 0.974. The van der Waals surface area contributed by atoms with Gasteiger partial charge < -0.3 is 10.1 Å². The smallest absolute Gasteiger partial charge is 0.231 e. The molecule has 3 rings (SSSR count). The lowest BCUT2D eigenvalue weighted by Gasteiger charge is -2.05. The van der Waals surface area contributed by atoms with E-state index < -0.39 is 0 Å². The zero-order valence-electron chi connectivity index (χ0n) is 14.1. The summed E-state index contributed by atoms with van der Waals surface area (Å²) in [5, 5.41) is 19.6. The maximum absolute atomic E-state index is 12.2. The lowest BCUT2D eigenvalue weighted by Crippen LogP contribution is -2.14. The minimum absolute atomic E-state index is 0.103. The SMILES string of the molecule is COc1ccc2nnc(CCC(=O)Nc3c(C)nn(C)c3C)n2n1. The Balaban J connectivity index is 1.70. The first-order valence-electron chi connectivity index (χ1n) is 7.55. The summed E-state index contributed by atoms with van der Waals surface area (Å²) in [6.45, 7) is 3.78. The van der Waals surface area contributed by atoms with E-state index in [1.807, 2.05) is 20.9 Å². The lowest BCUT2D eigenvalue weighted by molar-refractivity contribution is -0.116. The van der Waals surface area contributed by atoms with Crippen molar-refractivity contribution in [3.8, 4) is 5.88 Å². The van der Waals surface area contributed by atoms with Crippen LogP contribution in [-0.2, 0) is 18.3 Å². The van der Waals surface area contributed by atoms with Crippen LogP contribution in [0.2, 0.25) is 0 Å². The molecule has 1 N–H and O–H groups in total. The van der Waals surface area contributed by atoms with Crippen LogP contribution in [0.25, 0.3) is 5.65 Å². The van der Waals surface area contributed by atoms with Crippen molar-refractivity contribution in [2.45, 2.75) is 26.7 Å². The highest BCUT2D eigenvalue weighted by atomic mass is 16.5. The van der Waals surface area contributed by atoms with Crippen LogP contribution in [-0.4, -0.2) is 42.6 Å². The first-order valence-corrected chi connectivity index (χ1v) is 7.55. The molecule has 3 aromatic heterocycles. The predicted molar refractivity (Wildman–Crippen MR) is 87.0 cm³/mol. The molecule has 9 heteroatoms. The van der Waals surface area contributed by atoms with Gasteiger partial charge in [0.25, 0.3) is 0 Å². The third kappa shape index (κ3) is 2.92. The van der Waals surface area contributed by atoms with Gasteiger partial charge in [0, 0.05) is 26.0 Å². The Morgan fingerprint density at radius 3 is 2.71 bits per heavy atom. The van der Waals surface area contributed by atoms with Crippen LogP contribution in [0.3, 0.4) is 0 Å². The van der Waals surface area contributed by atoms with Crippen LogP contribution in [0.1, 0.15) is 23.6 Å². The van der Waals surface area contributed by atoms with Gasteiger partial charge in [-0.15, -0.1) is 15.3 Å². The highest BCUT2D eigenvalue weighted by molar-refractivity contribution is 5.91. The molecule has 9 nitrogen and oxygen atoms in total. The van der Waals surface area contributed by atoms with Crippen molar-refractivity contribution in [3.05, 3.63) is 29.3 Å². The Hall–Kier alpha value is -2.97. The first kappa shape index (κ1) is 15.9. The van der Waals surface area contributed by atoms with Crippen LogP contribution >= 0.6 is 0 Å². The van der Waals surface area contributed by atoms with E-state index in [0.29, 0.717) is 23.8 Å². The largest absolute Gasteiger partial charge is 0.480 e. The third-order valence-corrected chi connectivity index (χ3v) is 3.86. The Bertz CT molecular complexity index is 897. The number of amides is 1. The topological polar surface area (TPSA) is 99.2 Å². The molecule has 0 unspecified atom stereocenters. The molecule has 126 valence electrons. The Labute approximate surface area is 138 Å². The molecular formula is C15H19N7O2. The van der Waals surface area contributed by atoms with Crippen LogP contribution in [0.15, 0.2) is 12.1 Å². The van der Waals surface area contributed by atoms with E-state index in [1.165, 1.54) is 0 Å².